The molecule has 4 rings (SSSR count). The van der Waals surface area contributed by atoms with Gasteiger partial charge >= 0.3 is 6.09 Å². The molecular formula is C25H33N3O6. The van der Waals surface area contributed by atoms with Gasteiger partial charge in [0.25, 0.3) is 11.8 Å². The minimum absolute atomic E-state index is 0.0394. The monoisotopic (exact) mass is 471 g/mol. The number of carbonyl (C=O) groups excluding carboxylic acids is 3. The summed E-state index contributed by atoms with van der Waals surface area (Å²) in [7, 11) is 0. The van der Waals surface area contributed by atoms with E-state index in [0.717, 1.165) is 25.7 Å². The molecule has 0 bridgehead atoms. The molecule has 2 aromatic rings. The van der Waals surface area contributed by atoms with Crippen LogP contribution in [0.3, 0.4) is 0 Å². The number of Topliss-reactive ketones (excluding diaryl/α,β-unsaturated/α-hetero) is 1. The number of para-hydroxylation sites is 2. The Bertz CT molecular complexity index is 960. The van der Waals surface area contributed by atoms with Gasteiger partial charge in [-0.25, -0.2) is 9.78 Å². The summed E-state index contributed by atoms with van der Waals surface area (Å²) in [4.78, 5) is 44.9. The number of ether oxygens (including phenoxy) is 2. The van der Waals surface area contributed by atoms with Gasteiger partial charge in [-0.3, -0.25) is 9.59 Å². The number of hydrogen-bond donors (Lipinski definition) is 1. The second kappa shape index (κ2) is 11.5. The number of nitrogens with one attached hydrogen (secondary N) is 1. The van der Waals surface area contributed by atoms with E-state index in [1.165, 1.54) is 6.42 Å². The number of morpholine rings is 1. The number of aromatic nitrogens is 1. The topological polar surface area (TPSA) is 111 Å². The van der Waals surface area contributed by atoms with Gasteiger partial charge in [0.15, 0.2) is 11.7 Å². The van der Waals surface area contributed by atoms with Gasteiger partial charge in [-0.15, -0.1) is 0 Å². The lowest BCUT2D eigenvalue weighted by Crippen LogP contribution is -2.49. The minimum Gasteiger partial charge on any atom is -0.436 e. The van der Waals surface area contributed by atoms with Crippen LogP contribution >= 0.6 is 0 Å². The fourth-order valence-corrected chi connectivity index (χ4v) is 4.62. The summed E-state index contributed by atoms with van der Waals surface area (Å²) in [6.07, 6.45) is 4.79. The van der Waals surface area contributed by atoms with E-state index in [0.29, 0.717) is 56.2 Å². The van der Waals surface area contributed by atoms with E-state index < -0.39 is 29.9 Å². The number of benzene rings is 1. The van der Waals surface area contributed by atoms with Crippen molar-refractivity contribution in [2.24, 2.45) is 5.92 Å². The van der Waals surface area contributed by atoms with E-state index >= 15 is 0 Å². The second-order valence-corrected chi connectivity index (χ2v) is 9.03. The fraction of sp³-hybridized carbons (Fsp3) is 0.600. The van der Waals surface area contributed by atoms with Crippen molar-refractivity contribution in [2.75, 3.05) is 26.3 Å². The lowest BCUT2D eigenvalue weighted by Gasteiger charge is -2.30. The average Bonchev–Trinajstić information content (AvgIpc) is 3.32. The van der Waals surface area contributed by atoms with Crippen molar-refractivity contribution in [1.82, 2.24) is 15.2 Å². The first kappa shape index (κ1) is 24.2. The molecule has 2 heterocycles. The van der Waals surface area contributed by atoms with Gasteiger partial charge in [-0.2, -0.15) is 0 Å². The van der Waals surface area contributed by atoms with Gasteiger partial charge in [0.1, 0.15) is 5.52 Å². The maximum absolute atomic E-state index is 13.3. The Morgan fingerprint density at radius 3 is 2.59 bits per heavy atom. The third kappa shape index (κ3) is 5.94. The lowest BCUT2D eigenvalue weighted by atomic mass is 9.85. The van der Waals surface area contributed by atoms with Crippen LogP contribution < -0.4 is 5.32 Å². The summed E-state index contributed by atoms with van der Waals surface area (Å²) >= 11 is 0. The van der Waals surface area contributed by atoms with Crippen molar-refractivity contribution in [2.45, 2.75) is 64.0 Å². The SMILES string of the molecule is CC[C@@H](NC(=O)[C@@H](CC1CCCCC1)OC(=O)N1CCOCC1)C(=O)c1nc2ccccc2o1. The number of ketones is 1. The Morgan fingerprint density at radius 1 is 1.15 bits per heavy atom. The molecule has 1 aliphatic heterocycles. The molecule has 1 saturated heterocycles. The van der Waals surface area contributed by atoms with Gasteiger partial charge in [0, 0.05) is 13.1 Å². The molecule has 34 heavy (non-hydrogen) atoms. The maximum atomic E-state index is 13.3. The Hall–Kier alpha value is -2.94. The van der Waals surface area contributed by atoms with Crippen LogP contribution in [-0.4, -0.2) is 66.1 Å². The van der Waals surface area contributed by atoms with E-state index in [1.54, 1.807) is 30.0 Å². The van der Waals surface area contributed by atoms with Crippen molar-refractivity contribution >= 4 is 28.9 Å². The first-order valence-electron chi connectivity index (χ1n) is 12.3. The summed E-state index contributed by atoms with van der Waals surface area (Å²) in [6, 6.07) is 6.30. The Balaban J connectivity index is 1.45. The van der Waals surface area contributed by atoms with Crippen molar-refractivity contribution in [3.63, 3.8) is 0 Å². The normalized spacial score (nSPS) is 18.9. The van der Waals surface area contributed by atoms with Crippen molar-refractivity contribution in [1.29, 1.82) is 0 Å². The predicted molar refractivity (Wildman–Crippen MR) is 124 cm³/mol. The van der Waals surface area contributed by atoms with Crippen LogP contribution in [0.15, 0.2) is 28.7 Å². The van der Waals surface area contributed by atoms with Crippen LogP contribution in [0.4, 0.5) is 4.79 Å². The largest absolute Gasteiger partial charge is 0.436 e. The highest BCUT2D eigenvalue weighted by Crippen LogP contribution is 2.28. The number of oxazole rings is 1. The quantitative estimate of drug-likeness (QED) is 0.584. The zero-order chi connectivity index (χ0) is 23.9. The number of nitrogens with zero attached hydrogens (tertiary/aromatic N) is 2. The van der Waals surface area contributed by atoms with E-state index in [1.807, 2.05) is 6.07 Å². The Morgan fingerprint density at radius 2 is 1.88 bits per heavy atom. The lowest BCUT2D eigenvalue weighted by molar-refractivity contribution is -0.132. The molecule has 1 aliphatic carbocycles. The smallest absolute Gasteiger partial charge is 0.410 e. The summed E-state index contributed by atoms with van der Waals surface area (Å²) in [5, 5.41) is 2.80. The van der Waals surface area contributed by atoms with Crippen LogP contribution in [0, 0.1) is 5.92 Å². The highest BCUT2D eigenvalue weighted by atomic mass is 16.6. The van der Waals surface area contributed by atoms with Gasteiger partial charge in [-0.1, -0.05) is 51.2 Å². The standard InChI is InChI=1S/C25H33N3O6/c1-2-18(22(29)24-27-19-10-6-7-11-20(19)33-24)26-23(30)21(16-17-8-4-3-5-9-17)34-25(31)28-12-14-32-15-13-28/h6-7,10-11,17-18,21H,2-5,8-9,12-16H2,1H3,(H,26,30)/t18-,21-/m1/s1. The molecule has 0 unspecified atom stereocenters. The third-order valence-electron chi connectivity index (χ3n) is 6.62. The van der Waals surface area contributed by atoms with Crippen LogP contribution in [0.1, 0.15) is 62.6 Å². The minimum atomic E-state index is -0.955. The number of rotatable bonds is 8. The maximum Gasteiger partial charge on any atom is 0.410 e. The summed E-state index contributed by atoms with van der Waals surface area (Å²) in [5.74, 6) is -0.580. The van der Waals surface area contributed by atoms with Gasteiger partial charge in [0.2, 0.25) is 5.78 Å². The van der Waals surface area contributed by atoms with Crippen LogP contribution in [0.25, 0.3) is 11.1 Å². The van der Waals surface area contributed by atoms with Crippen molar-refractivity contribution < 1.29 is 28.3 Å². The van der Waals surface area contributed by atoms with E-state index in [2.05, 4.69) is 10.3 Å². The first-order chi connectivity index (χ1) is 16.5. The molecule has 2 amide bonds. The van der Waals surface area contributed by atoms with Crippen molar-refractivity contribution in [3.8, 4) is 0 Å². The zero-order valence-corrected chi connectivity index (χ0v) is 19.7. The molecule has 1 saturated carbocycles. The van der Waals surface area contributed by atoms with Gasteiger partial charge in [-0.05, 0) is 30.9 Å². The van der Waals surface area contributed by atoms with Gasteiger partial charge in [0.05, 0.1) is 19.3 Å². The second-order valence-electron chi connectivity index (χ2n) is 9.03. The summed E-state index contributed by atoms with van der Waals surface area (Å²) < 4.78 is 16.6. The molecule has 1 aromatic carbocycles. The molecule has 184 valence electrons. The summed E-state index contributed by atoms with van der Waals surface area (Å²) in [5.41, 5.74) is 1.10. The number of carbonyl (C=O) groups is 3. The molecule has 9 nitrogen and oxygen atoms in total. The Kier molecular flexibility index (Phi) is 8.16. The highest BCUT2D eigenvalue weighted by Gasteiger charge is 2.33. The van der Waals surface area contributed by atoms with Crippen LogP contribution in [-0.2, 0) is 14.3 Å². The summed E-state index contributed by atoms with van der Waals surface area (Å²) in [6.45, 7) is 3.58. The molecule has 0 radical (unpaired) electrons. The zero-order valence-electron chi connectivity index (χ0n) is 19.7. The molecule has 2 fully saturated rings. The third-order valence-corrected chi connectivity index (χ3v) is 6.62. The highest BCUT2D eigenvalue weighted by molar-refractivity contribution is 6.00. The number of amides is 2. The molecule has 1 aromatic heterocycles. The van der Waals surface area contributed by atoms with Crippen LogP contribution in [0.2, 0.25) is 0 Å². The van der Waals surface area contributed by atoms with E-state index in [9.17, 15) is 14.4 Å². The molecule has 9 heteroatoms. The molecule has 0 spiro atoms. The predicted octanol–water partition coefficient (Wildman–Crippen LogP) is 3.71. The Labute approximate surface area is 199 Å². The van der Waals surface area contributed by atoms with Crippen molar-refractivity contribution in [3.05, 3.63) is 30.2 Å². The molecule has 2 aliphatic rings. The van der Waals surface area contributed by atoms with E-state index in [-0.39, 0.29) is 5.89 Å². The number of hydrogen-bond acceptors (Lipinski definition) is 7. The molecule has 1 N–H and O–H groups in total. The van der Waals surface area contributed by atoms with E-state index in [4.69, 9.17) is 13.9 Å². The van der Waals surface area contributed by atoms with Gasteiger partial charge < -0.3 is 24.1 Å². The molecular weight excluding hydrogens is 438 g/mol. The average molecular weight is 472 g/mol. The molecule has 2 atom stereocenters. The van der Waals surface area contributed by atoms with Crippen LogP contribution in [0.5, 0.6) is 0 Å². The number of fused-ring (bicyclic) bond motifs is 1. The fourth-order valence-electron chi connectivity index (χ4n) is 4.62. The first-order valence-corrected chi connectivity index (χ1v) is 12.3.